The zero-order valence-electron chi connectivity index (χ0n) is 22.3. The van der Waals surface area contributed by atoms with Gasteiger partial charge in [-0.3, -0.25) is 4.79 Å². The van der Waals surface area contributed by atoms with Gasteiger partial charge in [-0.05, 0) is 73.6 Å². The number of ether oxygens (including phenoxy) is 3. The fraction of sp³-hybridized carbons (Fsp3) is 0.387. The third-order valence-corrected chi connectivity index (χ3v) is 6.75. The highest BCUT2D eigenvalue weighted by atomic mass is 19.1. The highest BCUT2D eigenvalue weighted by molar-refractivity contribution is 5.81. The number of nitrogens with zero attached hydrogens (tertiary/aromatic N) is 1. The van der Waals surface area contributed by atoms with Gasteiger partial charge in [0.25, 0.3) is 0 Å². The monoisotopic (exact) mass is 520 g/mol. The number of hydrogen-bond acceptors (Lipinski definition) is 5. The highest BCUT2D eigenvalue weighted by Crippen LogP contribution is 2.34. The van der Waals surface area contributed by atoms with Gasteiger partial charge in [0.15, 0.2) is 0 Å². The molecular formula is C31H37FN2O4. The van der Waals surface area contributed by atoms with E-state index < -0.39 is 0 Å². The van der Waals surface area contributed by atoms with Crippen molar-refractivity contribution in [3.8, 4) is 22.6 Å². The lowest BCUT2D eigenvalue weighted by Crippen LogP contribution is -2.27. The van der Waals surface area contributed by atoms with Crippen molar-refractivity contribution in [3.05, 3.63) is 77.1 Å². The van der Waals surface area contributed by atoms with Crippen molar-refractivity contribution in [1.29, 1.82) is 0 Å². The van der Waals surface area contributed by atoms with Crippen LogP contribution in [0.25, 0.3) is 11.1 Å². The molecule has 3 aromatic carbocycles. The van der Waals surface area contributed by atoms with Gasteiger partial charge in [-0.2, -0.15) is 0 Å². The van der Waals surface area contributed by atoms with Crippen LogP contribution in [0.5, 0.6) is 11.5 Å². The smallest absolute Gasteiger partial charge is 0.222 e. The van der Waals surface area contributed by atoms with Gasteiger partial charge in [0.2, 0.25) is 5.91 Å². The number of nitrogens with two attached hydrogens (primary N) is 1. The first-order chi connectivity index (χ1) is 18.4. The van der Waals surface area contributed by atoms with E-state index in [0.29, 0.717) is 55.4 Å². The number of nitrogen functional groups attached to an aromatic ring is 1. The van der Waals surface area contributed by atoms with Crippen LogP contribution in [0.2, 0.25) is 0 Å². The summed E-state index contributed by atoms with van der Waals surface area (Å²) in [7, 11) is 0. The van der Waals surface area contributed by atoms with Gasteiger partial charge in [-0.25, -0.2) is 4.39 Å². The average Bonchev–Trinajstić information content (AvgIpc) is 3.45. The molecule has 7 heteroatoms. The Morgan fingerprint density at radius 2 is 1.82 bits per heavy atom. The van der Waals surface area contributed by atoms with Gasteiger partial charge in [0.1, 0.15) is 30.5 Å². The predicted octanol–water partition coefficient (Wildman–Crippen LogP) is 5.93. The summed E-state index contributed by atoms with van der Waals surface area (Å²) in [4.78, 5) is 14.1. The first kappa shape index (κ1) is 27.5. The number of likely N-dealkylation sites (tertiary alicyclic amines) is 1. The third-order valence-electron chi connectivity index (χ3n) is 6.75. The van der Waals surface area contributed by atoms with Gasteiger partial charge in [-0.1, -0.05) is 24.3 Å². The zero-order chi connectivity index (χ0) is 26.9. The Kier molecular flexibility index (Phi) is 9.60. The van der Waals surface area contributed by atoms with Crippen molar-refractivity contribution in [3.63, 3.8) is 0 Å². The van der Waals surface area contributed by atoms with Crippen molar-refractivity contribution in [2.45, 2.75) is 46.1 Å². The van der Waals surface area contributed by atoms with Crippen LogP contribution >= 0.6 is 0 Å². The average molecular weight is 521 g/mol. The van der Waals surface area contributed by atoms with E-state index in [0.717, 1.165) is 48.2 Å². The lowest BCUT2D eigenvalue weighted by atomic mass is 9.97. The Bertz CT molecular complexity index is 1220. The molecule has 0 radical (unpaired) electrons. The molecule has 1 aliphatic rings. The molecule has 0 spiro atoms. The number of halogens is 1. The number of amides is 1. The molecule has 3 aromatic rings. The molecule has 0 unspecified atom stereocenters. The molecule has 6 nitrogen and oxygen atoms in total. The summed E-state index contributed by atoms with van der Waals surface area (Å²) in [5.74, 6) is 0.916. The molecule has 38 heavy (non-hydrogen) atoms. The van der Waals surface area contributed by atoms with Crippen LogP contribution in [0.1, 0.15) is 42.9 Å². The van der Waals surface area contributed by atoms with Gasteiger partial charge in [-0.15, -0.1) is 0 Å². The molecule has 0 bridgehead atoms. The van der Waals surface area contributed by atoms with E-state index >= 15 is 0 Å². The summed E-state index contributed by atoms with van der Waals surface area (Å²) < 4.78 is 31.7. The van der Waals surface area contributed by atoms with Crippen molar-refractivity contribution in [1.82, 2.24) is 4.90 Å². The van der Waals surface area contributed by atoms with E-state index in [9.17, 15) is 9.18 Å². The Balaban J connectivity index is 1.36. The van der Waals surface area contributed by atoms with E-state index in [1.54, 1.807) is 12.1 Å². The number of anilines is 1. The van der Waals surface area contributed by atoms with Crippen LogP contribution in [0.4, 0.5) is 10.1 Å². The maximum absolute atomic E-state index is 14.7. The number of aryl methyl sites for hydroxylation is 2. The lowest BCUT2D eigenvalue weighted by molar-refractivity contribution is -0.130. The third kappa shape index (κ3) is 7.25. The molecule has 0 atom stereocenters. The van der Waals surface area contributed by atoms with Crippen LogP contribution in [0.15, 0.2) is 54.6 Å². The minimum atomic E-state index is -0.350. The van der Waals surface area contributed by atoms with Crippen LogP contribution in [-0.4, -0.2) is 43.7 Å². The first-order valence-corrected chi connectivity index (χ1v) is 13.3. The van der Waals surface area contributed by atoms with Crippen LogP contribution in [-0.2, 0) is 22.6 Å². The Labute approximate surface area is 224 Å². The predicted molar refractivity (Wildman–Crippen MR) is 148 cm³/mol. The normalized spacial score (nSPS) is 13.1. The molecule has 0 aromatic heterocycles. The second-order valence-corrected chi connectivity index (χ2v) is 9.58. The number of carbonyl (C=O) groups is 1. The van der Waals surface area contributed by atoms with Crippen molar-refractivity contribution < 1.29 is 23.4 Å². The Hall–Kier alpha value is -3.58. The van der Waals surface area contributed by atoms with Gasteiger partial charge in [0.05, 0.1) is 6.61 Å². The molecule has 0 saturated carbocycles. The molecule has 1 fully saturated rings. The van der Waals surface area contributed by atoms with Gasteiger partial charge in [0, 0.05) is 49.5 Å². The van der Waals surface area contributed by atoms with E-state index in [1.807, 2.05) is 55.1 Å². The fourth-order valence-corrected chi connectivity index (χ4v) is 4.79. The standard InChI is InChI=1S/C31H37FN2O4/c1-3-36-15-16-37-27-17-22(2)31(29(33)20-27)25-8-6-7-23(18-25)21-38-26-11-9-24(28(32)19-26)10-12-30(35)34-13-4-5-14-34/h6-9,11,17-20H,3-5,10,12-16,21,33H2,1-2H3. The van der Waals surface area contributed by atoms with Crippen LogP contribution in [0, 0.1) is 12.7 Å². The molecule has 1 amide bonds. The maximum atomic E-state index is 14.7. The summed E-state index contributed by atoms with van der Waals surface area (Å²) >= 11 is 0. The largest absolute Gasteiger partial charge is 0.491 e. The highest BCUT2D eigenvalue weighted by Gasteiger charge is 2.18. The number of hydrogen-bond donors (Lipinski definition) is 1. The molecule has 1 heterocycles. The molecule has 4 rings (SSSR count). The molecule has 1 saturated heterocycles. The zero-order valence-corrected chi connectivity index (χ0v) is 22.3. The van der Waals surface area contributed by atoms with E-state index in [1.165, 1.54) is 6.07 Å². The number of benzene rings is 3. The minimum absolute atomic E-state index is 0.0988. The van der Waals surface area contributed by atoms with Gasteiger partial charge < -0.3 is 24.8 Å². The maximum Gasteiger partial charge on any atom is 0.222 e. The fourth-order valence-electron chi connectivity index (χ4n) is 4.79. The topological polar surface area (TPSA) is 74.0 Å². The molecular weight excluding hydrogens is 483 g/mol. The van der Waals surface area contributed by atoms with Gasteiger partial charge >= 0.3 is 0 Å². The van der Waals surface area contributed by atoms with Crippen LogP contribution < -0.4 is 15.2 Å². The number of rotatable bonds is 12. The SMILES string of the molecule is CCOCCOc1cc(C)c(-c2cccc(COc3ccc(CCC(=O)N4CCCC4)c(F)c3)c2)c(N)c1. The van der Waals surface area contributed by atoms with Crippen LogP contribution in [0.3, 0.4) is 0 Å². The Morgan fingerprint density at radius 3 is 2.55 bits per heavy atom. The molecule has 2 N–H and O–H groups in total. The van der Waals surface area contributed by atoms with Crippen molar-refractivity contribution in [2.24, 2.45) is 0 Å². The summed E-state index contributed by atoms with van der Waals surface area (Å²) in [5, 5.41) is 0. The molecule has 0 aliphatic carbocycles. The lowest BCUT2D eigenvalue weighted by Gasteiger charge is -2.15. The second-order valence-electron chi connectivity index (χ2n) is 9.58. The number of carbonyl (C=O) groups excluding carboxylic acids is 1. The second kappa shape index (κ2) is 13.3. The summed E-state index contributed by atoms with van der Waals surface area (Å²) in [5.41, 5.74) is 11.4. The van der Waals surface area contributed by atoms with E-state index in [2.05, 4.69) is 0 Å². The van der Waals surface area contributed by atoms with E-state index in [4.69, 9.17) is 19.9 Å². The minimum Gasteiger partial charge on any atom is -0.491 e. The summed E-state index contributed by atoms with van der Waals surface area (Å²) in [6.07, 6.45) is 2.82. The Morgan fingerprint density at radius 1 is 1.00 bits per heavy atom. The molecule has 202 valence electrons. The summed E-state index contributed by atoms with van der Waals surface area (Å²) in [6.45, 7) is 7.54. The summed E-state index contributed by atoms with van der Waals surface area (Å²) in [6, 6.07) is 16.6. The molecule has 1 aliphatic heterocycles. The van der Waals surface area contributed by atoms with Crippen molar-refractivity contribution >= 4 is 11.6 Å². The van der Waals surface area contributed by atoms with Crippen molar-refractivity contribution in [2.75, 3.05) is 38.6 Å². The van der Waals surface area contributed by atoms with E-state index in [-0.39, 0.29) is 18.3 Å². The quantitative estimate of drug-likeness (QED) is 0.237. The first-order valence-electron chi connectivity index (χ1n) is 13.3.